The van der Waals surface area contributed by atoms with Crippen molar-refractivity contribution in [1.82, 2.24) is 25.1 Å². The van der Waals surface area contributed by atoms with Gasteiger partial charge in [0.25, 0.3) is 0 Å². The van der Waals surface area contributed by atoms with Gasteiger partial charge in [0.05, 0.1) is 17.9 Å². The average Bonchev–Trinajstić information content (AvgIpc) is 3.08. The first kappa shape index (κ1) is 13.1. The van der Waals surface area contributed by atoms with Crippen molar-refractivity contribution in [2.24, 2.45) is 0 Å². The fourth-order valence-corrected chi connectivity index (χ4v) is 2.72. The van der Waals surface area contributed by atoms with Gasteiger partial charge in [-0.1, -0.05) is 0 Å². The molecule has 8 nitrogen and oxygen atoms in total. The highest BCUT2D eigenvalue weighted by Gasteiger charge is 2.31. The molecule has 0 aromatic carbocycles. The van der Waals surface area contributed by atoms with Gasteiger partial charge in [0, 0.05) is 44.8 Å². The van der Waals surface area contributed by atoms with Crippen LogP contribution in [-0.4, -0.2) is 52.0 Å². The molecule has 22 heavy (non-hydrogen) atoms. The van der Waals surface area contributed by atoms with Crippen molar-refractivity contribution >= 4 is 17.7 Å². The first-order valence-corrected chi connectivity index (χ1v) is 7.34. The monoisotopic (exact) mass is 299 g/mol. The molecule has 2 aliphatic heterocycles. The highest BCUT2D eigenvalue weighted by Crippen LogP contribution is 2.26. The van der Waals surface area contributed by atoms with Crippen molar-refractivity contribution in [2.75, 3.05) is 36.0 Å². The molecule has 0 bridgehead atoms. The summed E-state index contributed by atoms with van der Waals surface area (Å²) in [6.45, 7) is 5.01. The van der Waals surface area contributed by atoms with E-state index in [1.54, 1.807) is 11.1 Å². The summed E-state index contributed by atoms with van der Waals surface area (Å²) in [6, 6.07) is 0.243. The van der Waals surface area contributed by atoms with Crippen LogP contribution in [0.4, 0.5) is 16.4 Å². The van der Waals surface area contributed by atoms with E-state index in [0.29, 0.717) is 19.1 Å². The second-order valence-corrected chi connectivity index (χ2v) is 5.68. The van der Waals surface area contributed by atoms with Crippen LogP contribution in [0, 0.1) is 6.92 Å². The van der Waals surface area contributed by atoms with E-state index in [0.717, 1.165) is 30.3 Å². The van der Waals surface area contributed by atoms with E-state index >= 15 is 0 Å². The number of aromatic nitrogens is 4. The average molecular weight is 299 g/mol. The minimum atomic E-state index is -0.0529. The molecule has 0 unspecified atom stereocenters. The van der Waals surface area contributed by atoms with Gasteiger partial charge in [-0.2, -0.15) is 5.10 Å². The number of carbonyl (C=O) groups excluding carboxylic acids is 1. The topological polar surface area (TPSA) is 79.2 Å². The van der Waals surface area contributed by atoms with E-state index < -0.39 is 0 Å². The Balaban J connectivity index is 1.42. The minimum absolute atomic E-state index is 0.0529. The van der Waals surface area contributed by atoms with Crippen LogP contribution >= 0.6 is 0 Å². The Kier molecular flexibility index (Phi) is 2.95. The predicted octanol–water partition coefficient (Wildman–Crippen LogP) is 0.572. The summed E-state index contributed by atoms with van der Waals surface area (Å²) >= 11 is 0. The zero-order chi connectivity index (χ0) is 15.1. The van der Waals surface area contributed by atoms with Gasteiger partial charge in [-0.25, -0.2) is 14.8 Å². The van der Waals surface area contributed by atoms with Gasteiger partial charge in [-0.3, -0.25) is 9.58 Å². The van der Waals surface area contributed by atoms with Crippen LogP contribution in [0.5, 0.6) is 0 Å². The molecule has 0 aliphatic carbocycles. The molecular weight excluding hydrogens is 282 g/mol. The number of rotatable bonds is 3. The predicted molar refractivity (Wildman–Crippen MR) is 81.0 cm³/mol. The largest absolute Gasteiger partial charge is 0.336 e. The van der Waals surface area contributed by atoms with Crippen molar-refractivity contribution < 1.29 is 4.79 Å². The number of carbonyl (C=O) groups is 1. The summed E-state index contributed by atoms with van der Waals surface area (Å²) < 4.78 is 1.92. The van der Waals surface area contributed by atoms with Gasteiger partial charge in [-0.05, 0) is 12.5 Å². The molecule has 1 N–H and O–H groups in total. The number of urea groups is 1. The second kappa shape index (κ2) is 4.97. The number of amides is 2. The third-order valence-corrected chi connectivity index (χ3v) is 4.04. The second-order valence-electron chi connectivity index (χ2n) is 5.68. The maximum Gasteiger partial charge on any atom is 0.322 e. The van der Waals surface area contributed by atoms with E-state index in [1.165, 1.54) is 0 Å². The standard InChI is InChI=1S/C14H17N7O/c1-10-4-16-13(17-5-10)19-7-12(8-19)21-9-11(6-18-21)20-3-2-15-14(20)22/h4-6,9,12H,2-3,7-8H2,1H3,(H,15,22). The van der Waals surface area contributed by atoms with Gasteiger partial charge in [-0.15, -0.1) is 0 Å². The molecule has 2 aromatic heterocycles. The van der Waals surface area contributed by atoms with E-state index in [-0.39, 0.29) is 6.03 Å². The molecule has 8 heteroatoms. The number of hydrogen-bond acceptors (Lipinski definition) is 5. The van der Waals surface area contributed by atoms with Crippen LogP contribution in [0.25, 0.3) is 0 Å². The molecule has 4 heterocycles. The number of anilines is 2. The quantitative estimate of drug-likeness (QED) is 0.896. The summed E-state index contributed by atoms with van der Waals surface area (Å²) in [6.07, 6.45) is 7.33. The molecular formula is C14H17N7O. The van der Waals surface area contributed by atoms with Gasteiger partial charge >= 0.3 is 6.03 Å². The van der Waals surface area contributed by atoms with Crippen LogP contribution in [-0.2, 0) is 0 Å². The molecule has 0 spiro atoms. The number of aryl methyl sites for hydroxylation is 1. The normalized spacial score (nSPS) is 18.5. The molecule has 2 amide bonds. The first-order valence-electron chi connectivity index (χ1n) is 7.34. The number of nitrogens with one attached hydrogen (secondary N) is 1. The lowest BCUT2D eigenvalue weighted by Crippen LogP contribution is -2.48. The summed E-state index contributed by atoms with van der Waals surface area (Å²) in [5, 5.41) is 7.18. The lowest BCUT2D eigenvalue weighted by atomic mass is 10.1. The van der Waals surface area contributed by atoms with Crippen molar-refractivity contribution in [2.45, 2.75) is 13.0 Å². The summed E-state index contributed by atoms with van der Waals surface area (Å²) in [4.78, 5) is 24.1. The fraction of sp³-hybridized carbons (Fsp3) is 0.429. The highest BCUT2D eigenvalue weighted by atomic mass is 16.2. The minimum Gasteiger partial charge on any atom is -0.336 e. The molecule has 2 saturated heterocycles. The maximum absolute atomic E-state index is 11.7. The van der Waals surface area contributed by atoms with Crippen LogP contribution in [0.2, 0.25) is 0 Å². The van der Waals surface area contributed by atoms with E-state index in [2.05, 4.69) is 25.3 Å². The first-order chi connectivity index (χ1) is 10.7. The van der Waals surface area contributed by atoms with E-state index in [4.69, 9.17) is 0 Å². The van der Waals surface area contributed by atoms with Crippen molar-refractivity contribution in [3.8, 4) is 0 Å². The molecule has 2 aromatic rings. The van der Waals surface area contributed by atoms with Crippen LogP contribution in [0.1, 0.15) is 11.6 Å². The van der Waals surface area contributed by atoms with Crippen LogP contribution in [0.15, 0.2) is 24.8 Å². The Morgan fingerprint density at radius 1 is 1.23 bits per heavy atom. The Hall–Kier alpha value is -2.64. The Bertz CT molecular complexity index is 689. The Labute approximate surface area is 127 Å². The number of hydrogen-bond donors (Lipinski definition) is 1. The zero-order valence-electron chi connectivity index (χ0n) is 12.3. The van der Waals surface area contributed by atoms with Crippen LogP contribution < -0.4 is 15.1 Å². The lowest BCUT2D eigenvalue weighted by Gasteiger charge is -2.39. The molecule has 114 valence electrons. The van der Waals surface area contributed by atoms with Crippen molar-refractivity contribution in [1.29, 1.82) is 0 Å². The SMILES string of the molecule is Cc1cnc(N2CC(n3cc(N4CCNC4=O)cn3)C2)nc1. The Morgan fingerprint density at radius 2 is 2.00 bits per heavy atom. The molecule has 0 atom stereocenters. The molecule has 2 aliphatic rings. The highest BCUT2D eigenvalue weighted by molar-refractivity contribution is 5.93. The molecule has 4 rings (SSSR count). The van der Waals surface area contributed by atoms with Gasteiger partial charge in [0.1, 0.15) is 0 Å². The zero-order valence-corrected chi connectivity index (χ0v) is 12.3. The van der Waals surface area contributed by atoms with Crippen molar-refractivity contribution in [3.63, 3.8) is 0 Å². The smallest absolute Gasteiger partial charge is 0.322 e. The molecule has 2 fully saturated rings. The number of nitrogens with zero attached hydrogens (tertiary/aromatic N) is 6. The third kappa shape index (κ3) is 2.16. The maximum atomic E-state index is 11.7. The van der Waals surface area contributed by atoms with Gasteiger partial charge < -0.3 is 10.2 Å². The van der Waals surface area contributed by atoms with Crippen molar-refractivity contribution in [3.05, 3.63) is 30.4 Å². The molecule has 0 saturated carbocycles. The van der Waals surface area contributed by atoms with Crippen LogP contribution in [0.3, 0.4) is 0 Å². The van der Waals surface area contributed by atoms with E-state index in [1.807, 2.05) is 30.2 Å². The summed E-state index contributed by atoms with van der Waals surface area (Å²) in [5.74, 6) is 0.758. The van der Waals surface area contributed by atoms with E-state index in [9.17, 15) is 4.79 Å². The lowest BCUT2D eigenvalue weighted by molar-refractivity contribution is 0.252. The van der Waals surface area contributed by atoms with Gasteiger partial charge in [0.15, 0.2) is 0 Å². The summed E-state index contributed by atoms with van der Waals surface area (Å²) in [7, 11) is 0. The van der Waals surface area contributed by atoms with Gasteiger partial charge in [0.2, 0.25) is 5.95 Å². The Morgan fingerprint density at radius 3 is 2.68 bits per heavy atom. The summed E-state index contributed by atoms with van der Waals surface area (Å²) in [5.41, 5.74) is 1.90. The third-order valence-electron chi connectivity index (χ3n) is 4.04. The molecule has 0 radical (unpaired) electrons. The fourth-order valence-electron chi connectivity index (χ4n) is 2.72.